The zero-order valence-corrected chi connectivity index (χ0v) is 8.13. The lowest BCUT2D eigenvalue weighted by atomic mass is 10.4. The standard InChI is InChI=1S/C10H12N2S/c1-2-4-10(5-3-1)13-7-9-6-11-8-12-9/h1-5,8-9H,6-7H2,(H,11,12)/t9-/m1/s1. The van der Waals surface area contributed by atoms with Gasteiger partial charge in [0.15, 0.2) is 0 Å². The fourth-order valence-corrected chi connectivity index (χ4v) is 2.15. The van der Waals surface area contributed by atoms with Gasteiger partial charge in [-0.15, -0.1) is 11.8 Å². The molecule has 0 spiro atoms. The molecule has 0 radical (unpaired) electrons. The van der Waals surface area contributed by atoms with Crippen molar-refractivity contribution >= 4 is 18.1 Å². The maximum absolute atomic E-state index is 4.13. The van der Waals surface area contributed by atoms with E-state index in [0.29, 0.717) is 6.04 Å². The third-order valence-corrected chi connectivity index (χ3v) is 3.10. The molecule has 0 amide bonds. The van der Waals surface area contributed by atoms with Crippen LogP contribution in [0.3, 0.4) is 0 Å². The van der Waals surface area contributed by atoms with Crippen molar-refractivity contribution in [2.45, 2.75) is 10.9 Å². The van der Waals surface area contributed by atoms with Crippen LogP contribution in [-0.2, 0) is 0 Å². The van der Waals surface area contributed by atoms with E-state index in [1.807, 2.05) is 17.8 Å². The average Bonchev–Trinajstić information content (AvgIpc) is 2.69. The quantitative estimate of drug-likeness (QED) is 0.738. The zero-order chi connectivity index (χ0) is 8.93. The highest BCUT2D eigenvalue weighted by Gasteiger charge is 2.09. The van der Waals surface area contributed by atoms with Crippen molar-refractivity contribution in [3.8, 4) is 0 Å². The van der Waals surface area contributed by atoms with Crippen molar-refractivity contribution in [1.82, 2.24) is 5.32 Å². The number of hydrogen-bond donors (Lipinski definition) is 1. The molecule has 1 aliphatic heterocycles. The molecule has 1 atom stereocenters. The van der Waals surface area contributed by atoms with Gasteiger partial charge in [0.25, 0.3) is 0 Å². The van der Waals surface area contributed by atoms with Crippen LogP contribution >= 0.6 is 11.8 Å². The Morgan fingerprint density at radius 3 is 2.92 bits per heavy atom. The minimum absolute atomic E-state index is 0.519. The van der Waals surface area contributed by atoms with Gasteiger partial charge in [-0.05, 0) is 12.1 Å². The van der Waals surface area contributed by atoms with Crippen LogP contribution in [0.4, 0.5) is 0 Å². The highest BCUT2D eigenvalue weighted by Crippen LogP contribution is 2.18. The summed E-state index contributed by atoms with van der Waals surface area (Å²) in [6.07, 6.45) is 1.80. The molecule has 0 unspecified atom stereocenters. The van der Waals surface area contributed by atoms with Gasteiger partial charge < -0.3 is 5.32 Å². The highest BCUT2D eigenvalue weighted by atomic mass is 32.2. The van der Waals surface area contributed by atoms with Crippen molar-refractivity contribution < 1.29 is 0 Å². The SMILES string of the molecule is C1=NC[C@H](CSc2ccccc2)N1. The van der Waals surface area contributed by atoms with E-state index in [2.05, 4.69) is 34.6 Å². The lowest BCUT2D eigenvalue weighted by molar-refractivity contribution is 0.740. The number of nitrogens with one attached hydrogen (secondary N) is 1. The molecule has 68 valence electrons. The molecule has 1 aromatic rings. The summed E-state index contributed by atoms with van der Waals surface area (Å²) >= 11 is 1.88. The predicted molar refractivity (Wildman–Crippen MR) is 57.4 cm³/mol. The van der Waals surface area contributed by atoms with Crippen LogP contribution in [0.15, 0.2) is 40.2 Å². The molecule has 1 N–H and O–H groups in total. The monoisotopic (exact) mass is 192 g/mol. The van der Waals surface area contributed by atoms with Crippen LogP contribution in [0, 0.1) is 0 Å². The van der Waals surface area contributed by atoms with E-state index in [-0.39, 0.29) is 0 Å². The minimum Gasteiger partial charge on any atom is -0.371 e. The van der Waals surface area contributed by atoms with E-state index in [1.165, 1.54) is 4.90 Å². The van der Waals surface area contributed by atoms with Crippen LogP contribution in [0.1, 0.15) is 0 Å². The smallest absolute Gasteiger partial charge is 0.0827 e. The predicted octanol–water partition coefficient (Wildman–Crippen LogP) is 1.78. The van der Waals surface area contributed by atoms with Gasteiger partial charge in [0.2, 0.25) is 0 Å². The van der Waals surface area contributed by atoms with Gasteiger partial charge in [-0.25, -0.2) is 0 Å². The molecule has 2 nitrogen and oxygen atoms in total. The van der Waals surface area contributed by atoms with Crippen molar-refractivity contribution in [3.05, 3.63) is 30.3 Å². The summed E-state index contributed by atoms with van der Waals surface area (Å²) in [5.41, 5.74) is 0. The minimum atomic E-state index is 0.519. The summed E-state index contributed by atoms with van der Waals surface area (Å²) in [7, 11) is 0. The Hall–Kier alpha value is -0.960. The van der Waals surface area contributed by atoms with E-state index in [1.54, 1.807) is 6.34 Å². The van der Waals surface area contributed by atoms with Gasteiger partial charge in [0, 0.05) is 10.6 Å². The van der Waals surface area contributed by atoms with Crippen LogP contribution in [0.25, 0.3) is 0 Å². The molecule has 0 saturated carbocycles. The molecule has 0 bridgehead atoms. The van der Waals surface area contributed by atoms with E-state index in [9.17, 15) is 0 Å². The van der Waals surface area contributed by atoms with Crippen molar-refractivity contribution in [1.29, 1.82) is 0 Å². The Balaban J connectivity index is 1.80. The Morgan fingerprint density at radius 1 is 1.38 bits per heavy atom. The molecule has 0 saturated heterocycles. The molecule has 1 aromatic carbocycles. The van der Waals surface area contributed by atoms with Gasteiger partial charge in [-0.2, -0.15) is 0 Å². The molecule has 3 heteroatoms. The summed E-state index contributed by atoms with van der Waals surface area (Å²) in [6.45, 7) is 0.917. The lowest BCUT2D eigenvalue weighted by Gasteiger charge is -2.08. The second kappa shape index (κ2) is 4.33. The number of hydrogen-bond acceptors (Lipinski definition) is 3. The second-order valence-electron chi connectivity index (χ2n) is 2.98. The second-order valence-corrected chi connectivity index (χ2v) is 4.08. The first-order chi connectivity index (χ1) is 6.45. The Bertz CT molecular complexity index is 276. The molecule has 0 aromatic heterocycles. The summed E-state index contributed by atoms with van der Waals surface area (Å²) < 4.78 is 0. The Kier molecular flexibility index (Phi) is 2.87. The number of thioether (sulfide) groups is 1. The van der Waals surface area contributed by atoms with E-state index in [0.717, 1.165) is 12.3 Å². The lowest BCUT2D eigenvalue weighted by Crippen LogP contribution is -2.26. The summed E-state index contributed by atoms with van der Waals surface area (Å²) in [4.78, 5) is 5.46. The molecule has 0 fully saturated rings. The fraction of sp³-hybridized carbons (Fsp3) is 0.300. The average molecular weight is 192 g/mol. The number of nitrogens with zero attached hydrogens (tertiary/aromatic N) is 1. The Morgan fingerprint density at radius 2 is 2.23 bits per heavy atom. The van der Waals surface area contributed by atoms with Crippen LogP contribution in [0.5, 0.6) is 0 Å². The molecular weight excluding hydrogens is 180 g/mol. The van der Waals surface area contributed by atoms with Crippen molar-refractivity contribution in [2.75, 3.05) is 12.3 Å². The number of benzene rings is 1. The Labute approximate surface area is 82.5 Å². The third-order valence-electron chi connectivity index (χ3n) is 1.92. The molecule has 0 aliphatic carbocycles. The topological polar surface area (TPSA) is 24.4 Å². The first-order valence-corrected chi connectivity index (χ1v) is 5.36. The molecular formula is C10H12N2S. The first kappa shape index (κ1) is 8.63. The molecule has 1 aliphatic rings. The number of rotatable bonds is 3. The van der Waals surface area contributed by atoms with Crippen LogP contribution in [-0.4, -0.2) is 24.7 Å². The highest BCUT2D eigenvalue weighted by molar-refractivity contribution is 7.99. The van der Waals surface area contributed by atoms with Gasteiger partial charge in [0.05, 0.1) is 18.9 Å². The van der Waals surface area contributed by atoms with Crippen molar-refractivity contribution in [2.24, 2.45) is 4.99 Å². The zero-order valence-electron chi connectivity index (χ0n) is 7.31. The van der Waals surface area contributed by atoms with E-state index in [4.69, 9.17) is 0 Å². The normalized spacial score (nSPS) is 20.2. The molecule has 1 heterocycles. The first-order valence-electron chi connectivity index (χ1n) is 4.37. The maximum Gasteiger partial charge on any atom is 0.0827 e. The summed E-state index contributed by atoms with van der Waals surface area (Å²) in [6, 6.07) is 11.0. The van der Waals surface area contributed by atoms with Gasteiger partial charge >= 0.3 is 0 Å². The molecule has 13 heavy (non-hydrogen) atoms. The van der Waals surface area contributed by atoms with Crippen LogP contribution in [0.2, 0.25) is 0 Å². The number of aliphatic imine (C=N–C) groups is 1. The summed E-state index contributed by atoms with van der Waals surface area (Å²) in [5.74, 6) is 1.09. The third kappa shape index (κ3) is 2.49. The fourth-order valence-electron chi connectivity index (χ4n) is 1.21. The van der Waals surface area contributed by atoms with Crippen molar-refractivity contribution in [3.63, 3.8) is 0 Å². The van der Waals surface area contributed by atoms with Gasteiger partial charge in [0.1, 0.15) is 0 Å². The molecule has 2 rings (SSSR count). The van der Waals surface area contributed by atoms with E-state index < -0.39 is 0 Å². The van der Waals surface area contributed by atoms with Gasteiger partial charge in [-0.1, -0.05) is 18.2 Å². The van der Waals surface area contributed by atoms with Gasteiger partial charge in [-0.3, -0.25) is 4.99 Å². The maximum atomic E-state index is 4.13. The van der Waals surface area contributed by atoms with E-state index >= 15 is 0 Å². The summed E-state index contributed by atoms with van der Waals surface area (Å²) in [5, 5.41) is 3.21. The van der Waals surface area contributed by atoms with Crippen LogP contribution < -0.4 is 5.32 Å². The largest absolute Gasteiger partial charge is 0.371 e.